The quantitative estimate of drug-likeness (QED) is 0.468. The zero-order valence-corrected chi connectivity index (χ0v) is 12.2. The lowest BCUT2D eigenvalue weighted by Gasteiger charge is -2.11. The smallest absolute Gasteiger partial charge is 0.174 e. The van der Waals surface area contributed by atoms with Crippen molar-refractivity contribution < 1.29 is 5.11 Å². The molecule has 0 rings (SSSR count). The van der Waals surface area contributed by atoms with Crippen LogP contribution in [0.25, 0.3) is 0 Å². The van der Waals surface area contributed by atoms with Crippen LogP contribution in [0.5, 0.6) is 0 Å². The molecule has 0 aliphatic heterocycles. The van der Waals surface area contributed by atoms with Gasteiger partial charge in [-0.2, -0.15) is 0 Å². The Hall–Kier alpha value is 0.920. The van der Waals surface area contributed by atoms with E-state index in [2.05, 4.69) is 38.8 Å². The van der Waals surface area contributed by atoms with E-state index < -0.39 is 3.42 Å². The van der Waals surface area contributed by atoms with Crippen molar-refractivity contribution in [2.75, 3.05) is 0 Å². The Morgan fingerprint density at radius 2 is 1.29 bits per heavy atom. The summed E-state index contributed by atoms with van der Waals surface area (Å²) in [7, 11) is 0. The van der Waals surface area contributed by atoms with Gasteiger partial charge in [0.25, 0.3) is 0 Å². The molecule has 0 atom stereocenters. The molecule has 0 amide bonds. The first-order valence-corrected chi connectivity index (χ1v) is 7.25. The van der Waals surface area contributed by atoms with Crippen molar-refractivity contribution in [2.45, 2.75) is 68.1 Å². The van der Waals surface area contributed by atoms with E-state index in [9.17, 15) is 5.11 Å². The number of alkyl halides is 2. The Labute approximate surface area is 105 Å². The van der Waals surface area contributed by atoms with Crippen molar-refractivity contribution in [3.8, 4) is 0 Å². The Balaban J connectivity index is 2.99. The molecular formula is C11H22Br2O. The molecular weight excluding hydrogens is 308 g/mol. The number of halogens is 2. The van der Waals surface area contributed by atoms with Gasteiger partial charge in [-0.15, -0.1) is 0 Å². The standard InChI is InChI=1S/C11H22Br2O/c1-2-3-4-5-6-7-8-9-10-11(12,13)14/h14H,2-10H2,1H3. The zero-order valence-electron chi connectivity index (χ0n) is 9.07. The summed E-state index contributed by atoms with van der Waals surface area (Å²) in [6.45, 7) is 2.24. The van der Waals surface area contributed by atoms with Crippen LogP contribution in [-0.4, -0.2) is 8.53 Å². The SMILES string of the molecule is CCCCCCCCCCC(O)(Br)Br. The third-order valence-electron chi connectivity index (χ3n) is 2.33. The van der Waals surface area contributed by atoms with Crippen LogP contribution < -0.4 is 0 Å². The van der Waals surface area contributed by atoms with Gasteiger partial charge in [0.2, 0.25) is 0 Å². The number of hydrogen-bond donors (Lipinski definition) is 1. The molecule has 86 valence electrons. The van der Waals surface area contributed by atoms with E-state index in [4.69, 9.17) is 0 Å². The van der Waals surface area contributed by atoms with Gasteiger partial charge in [-0.25, -0.2) is 0 Å². The number of aliphatic hydroxyl groups is 1. The molecule has 0 bridgehead atoms. The van der Waals surface area contributed by atoms with Crippen LogP contribution in [0.2, 0.25) is 0 Å². The first-order chi connectivity index (χ1) is 6.56. The lowest BCUT2D eigenvalue weighted by Crippen LogP contribution is -2.08. The van der Waals surface area contributed by atoms with E-state index >= 15 is 0 Å². The summed E-state index contributed by atoms with van der Waals surface area (Å²) in [4.78, 5) is 0. The molecule has 0 heterocycles. The fourth-order valence-corrected chi connectivity index (χ4v) is 2.03. The predicted molar refractivity (Wildman–Crippen MR) is 70.0 cm³/mol. The highest BCUT2D eigenvalue weighted by Crippen LogP contribution is 2.28. The molecule has 0 fully saturated rings. The average molecular weight is 330 g/mol. The highest BCUT2D eigenvalue weighted by Gasteiger charge is 2.15. The molecule has 0 aliphatic rings. The summed E-state index contributed by atoms with van der Waals surface area (Å²) in [6.07, 6.45) is 11.2. The topological polar surface area (TPSA) is 20.2 Å². The Morgan fingerprint density at radius 1 is 0.857 bits per heavy atom. The van der Waals surface area contributed by atoms with E-state index in [0.29, 0.717) is 0 Å². The predicted octanol–water partition coefficient (Wildman–Crippen LogP) is 4.95. The molecule has 1 nitrogen and oxygen atoms in total. The highest BCUT2D eigenvalue weighted by molar-refractivity contribution is 9.25. The van der Waals surface area contributed by atoms with Gasteiger partial charge >= 0.3 is 0 Å². The summed E-state index contributed by atoms with van der Waals surface area (Å²) >= 11 is 6.31. The van der Waals surface area contributed by atoms with Crippen molar-refractivity contribution in [3.05, 3.63) is 0 Å². The molecule has 0 aromatic carbocycles. The van der Waals surface area contributed by atoms with Gasteiger partial charge in [0.1, 0.15) is 0 Å². The monoisotopic (exact) mass is 328 g/mol. The number of hydrogen-bond acceptors (Lipinski definition) is 1. The van der Waals surface area contributed by atoms with Gasteiger partial charge in [-0.3, -0.25) is 0 Å². The third kappa shape index (κ3) is 12.9. The first-order valence-electron chi connectivity index (χ1n) is 5.66. The van der Waals surface area contributed by atoms with Crippen molar-refractivity contribution in [3.63, 3.8) is 0 Å². The van der Waals surface area contributed by atoms with Crippen molar-refractivity contribution in [1.29, 1.82) is 0 Å². The maximum atomic E-state index is 9.32. The van der Waals surface area contributed by atoms with Crippen molar-refractivity contribution >= 4 is 31.9 Å². The van der Waals surface area contributed by atoms with E-state index in [1.807, 2.05) is 0 Å². The van der Waals surface area contributed by atoms with E-state index in [1.165, 1.54) is 44.9 Å². The molecule has 14 heavy (non-hydrogen) atoms. The van der Waals surface area contributed by atoms with Crippen LogP contribution in [0.3, 0.4) is 0 Å². The van der Waals surface area contributed by atoms with Gasteiger partial charge in [0, 0.05) is 0 Å². The molecule has 1 N–H and O–H groups in total. The van der Waals surface area contributed by atoms with Gasteiger partial charge in [0.15, 0.2) is 3.42 Å². The third-order valence-corrected chi connectivity index (χ3v) is 3.12. The van der Waals surface area contributed by atoms with Crippen LogP contribution in [0.15, 0.2) is 0 Å². The second-order valence-electron chi connectivity index (χ2n) is 3.89. The van der Waals surface area contributed by atoms with Crippen LogP contribution in [0, 0.1) is 0 Å². The molecule has 0 radical (unpaired) electrons. The number of rotatable bonds is 9. The summed E-state index contributed by atoms with van der Waals surface area (Å²) < 4.78 is -0.831. The second kappa shape index (κ2) is 9.17. The maximum absolute atomic E-state index is 9.32. The van der Waals surface area contributed by atoms with Crippen molar-refractivity contribution in [2.24, 2.45) is 0 Å². The number of unbranched alkanes of at least 4 members (excludes halogenated alkanes) is 7. The first kappa shape index (κ1) is 14.9. The molecule has 0 saturated carbocycles. The summed E-state index contributed by atoms with van der Waals surface area (Å²) in [5, 5.41) is 9.32. The van der Waals surface area contributed by atoms with Gasteiger partial charge in [-0.1, -0.05) is 51.9 Å². The van der Waals surface area contributed by atoms with Gasteiger partial charge < -0.3 is 5.11 Å². The summed E-state index contributed by atoms with van der Waals surface area (Å²) in [5.41, 5.74) is 0. The van der Waals surface area contributed by atoms with E-state index in [-0.39, 0.29) is 0 Å². The normalized spacial score (nSPS) is 12.0. The molecule has 0 unspecified atom stereocenters. The second-order valence-corrected chi connectivity index (χ2v) is 7.58. The van der Waals surface area contributed by atoms with Crippen LogP contribution in [0.4, 0.5) is 0 Å². The molecule has 3 heteroatoms. The fourth-order valence-electron chi connectivity index (χ4n) is 1.47. The van der Waals surface area contributed by atoms with E-state index in [0.717, 1.165) is 12.8 Å². The van der Waals surface area contributed by atoms with Crippen LogP contribution in [-0.2, 0) is 0 Å². The molecule has 0 aliphatic carbocycles. The minimum Gasteiger partial charge on any atom is -0.369 e. The maximum Gasteiger partial charge on any atom is 0.174 e. The minimum atomic E-state index is -0.831. The zero-order chi connectivity index (χ0) is 10.9. The highest BCUT2D eigenvalue weighted by atomic mass is 79.9. The molecule has 0 saturated heterocycles. The summed E-state index contributed by atoms with van der Waals surface area (Å²) in [5.74, 6) is 0. The lowest BCUT2D eigenvalue weighted by atomic mass is 10.1. The minimum absolute atomic E-state index is 0.780. The van der Waals surface area contributed by atoms with Gasteiger partial charge in [-0.05, 0) is 44.7 Å². The summed E-state index contributed by atoms with van der Waals surface area (Å²) in [6, 6.07) is 0. The molecule has 0 aromatic rings. The Kier molecular flexibility index (Phi) is 9.77. The van der Waals surface area contributed by atoms with Crippen LogP contribution in [0.1, 0.15) is 64.7 Å². The Morgan fingerprint density at radius 3 is 1.71 bits per heavy atom. The Bertz CT molecular complexity index is 121. The molecule has 0 aromatic heterocycles. The van der Waals surface area contributed by atoms with Crippen molar-refractivity contribution in [1.82, 2.24) is 0 Å². The lowest BCUT2D eigenvalue weighted by molar-refractivity contribution is 0.229. The average Bonchev–Trinajstić information content (AvgIpc) is 2.08. The largest absolute Gasteiger partial charge is 0.369 e. The fraction of sp³-hybridized carbons (Fsp3) is 1.00. The van der Waals surface area contributed by atoms with Gasteiger partial charge in [0.05, 0.1) is 0 Å². The van der Waals surface area contributed by atoms with Crippen LogP contribution >= 0.6 is 31.9 Å². The van der Waals surface area contributed by atoms with E-state index in [1.54, 1.807) is 0 Å². The molecule has 0 spiro atoms.